The van der Waals surface area contributed by atoms with Crippen molar-refractivity contribution in [2.75, 3.05) is 18.7 Å². The van der Waals surface area contributed by atoms with Gasteiger partial charge in [0.1, 0.15) is 17.7 Å². The Morgan fingerprint density at radius 1 is 1.31 bits per heavy atom. The lowest BCUT2D eigenvalue weighted by Crippen LogP contribution is -2.14. The molecule has 7 nitrogen and oxygen atoms in total. The molecule has 3 rings (SSSR count). The van der Waals surface area contributed by atoms with E-state index in [9.17, 15) is 9.59 Å². The minimum absolute atomic E-state index is 0.00314. The van der Waals surface area contributed by atoms with Crippen molar-refractivity contribution >= 4 is 46.4 Å². The summed E-state index contributed by atoms with van der Waals surface area (Å²) in [4.78, 5) is 36.2. The third-order valence-electron chi connectivity index (χ3n) is 3.68. The molecular formula is C18H16N4O3S. The number of carbonyl (C=O) groups excluding carboxylic acids is 2. The summed E-state index contributed by atoms with van der Waals surface area (Å²) in [5.74, 6) is -0.296. The highest BCUT2D eigenvalue weighted by molar-refractivity contribution is 7.98. The monoisotopic (exact) mass is 368 g/mol. The van der Waals surface area contributed by atoms with Gasteiger partial charge in [0.05, 0.1) is 18.3 Å². The fraction of sp³-hybridized carbons (Fsp3) is 0.167. The van der Waals surface area contributed by atoms with E-state index in [2.05, 4.69) is 20.3 Å². The van der Waals surface area contributed by atoms with E-state index >= 15 is 0 Å². The molecule has 0 saturated heterocycles. The Morgan fingerprint density at radius 3 is 2.88 bits per heavy atom. The fourth-order valence-corrected chi connectivity index (χ4v) is 2.88. The van der Waals surface area contributed by atoms with Crippen LogP contribution in [0.4, 0.5) is 11.5 Å². The molecule has 0 bridgehead atoms. The number of fused-ring (bicyclic) bond motifs is 1. The first-order chi connectivity index (χ1) is 12.7. The number of methoxy groups -OCH3 is 1. The van der Waals surface area contributed by atoms with Gasteiger partial charge in [-0.2, -0.15) is 0 Å². The number of aromatic nitrogens is 3. The van der Waals surface area contributed by atoms with Crippen molar-refractivity contribution < 1.29 is 14.3 Å². The van der Waals surface area contributed by atoms with Gasteiger partial charge in [0.15, 0.2) is 5.16 Å². The molecule has 2 aromatic heterocycles. The number of hydrogen-bond donors (Lipinski definition) is 1. The van der Waals surface area contributed by atoms with Crippen LogP contribution in [-0.4, -0.2) is 40.6 Å². The second-order valence-corrected chi connectivity index (χ2v) is 6.05. The van der Waals surface area contributed by atoms with Gasteiger partial charge in [0.2, 0.25) is 0 Å². The lowest BCUT2D eigenvalue weighted by Gasteiger charge is -2.14. The number of hydrogen-bond acceptors (Lipinski definition) is 8. The number of benzene rings is 1. The van der Waals surface area contributed by atoms with E-state index in [0.717, 1.165) is 16.6 Å². The highest BCUT2D eigenvalue weighted by Crippen LogP contribution is 2.26. The molecule has 0 unspecified atom stereocenters. The van der Waals surface area contributed by atoms with Crippen LogP contribution < -0.4 is 5.32 Å². The normalized spacial score (nSPS) is 10.5. The Morgan fingerprint density at radius 2 is 2.15 bits per heavy atom. The molecule has 0 atom stereocenters. The molecule has 26 heavy (non-hydrogen) atoms. The van der Waals surface area contributed by atoms with Crippen LogP contribution in [0.15, 0.2) is 41.7 Å². The van der Waals surface area contributed by atoms with Crippen molar-refractivity contribution in [1.29, 1.82) is 0 Å². The molecule has 8 heteroatoms. The van der Waals surface area contributed by atoms with Gasteiger partial charge in [-0.1, -0.05) is 17.8 Å². The summed E-state index contributed by atoms with van der Waals surface area (Å²) in [5, 5.41) is 4.55. The van der Waals surface area contributed by atoms with Crippen LogP contribution in [0.1, 0.15) is 16.1 Å². The van der Waals surface area contributed by atoms with Crippen molar-refractivity contribution in [3.63, 3.8) is 0 Å². The SMILES string of the molecule is COC(=O)c1c(CC=O)nc(SC)nc1Nc1ccc2ncccc2c1. The molecule has 0 aliphatic heterocycles. The average Bonchev–Trinajstić information content (AvgIpc) is 2.67. The molecule has 0 amide bonds. The summed E-state index contributed by atoms with van der Waals surface area (Å²) < 4.78 is 4.85. The number of carbonyl (C=O) groups is 2. The van der Waals surface area contributed by atoms with Crippen molar-refractivity contribution in [2.24, 2.45) is 0 Å². The van der Waals surface area contributed by atoms with Crippen LogP contribution in [0, 0.1) is 0 Å². The maximum Gasteiger partial charge on any atom is 0.343 e. The number of nitrogens with one attached hydrogen (secondary N) is 1. The van der Waals surface area contributed by atoms with Crippen LogP contribution in [0.2, 0.25) is 0 Å². The van der Waals surface area contributed by atoms with Gasteiger partial charge in [-0.05, 0) is 30.5 Å². The quantitative estimate of drug-likeness (QED) is 0.307. The van der Waals surface area contributed by atoms with Crippen molar-refractivity contribution in [1.82, 2.24) is 15.0 Å². The predicted octanol–water partition coefficient (Wildman–Crippen LogP) is 3.02. The number of ether oxygens (including phenoxy) is 1. The number of esters is 1. The molecule has 0 saturated carbocycles. The van der Waals surface area contributed by atoms with Crippen LogP contribution >= 0.6 is 11.8 Å². The van der Waals surface area contributed by atoms with Crippen LogP contribution in [0.25, 0.3) is 10.9 Å². The van der Waals surface area contributed by atoms with E-state index in [-0.39, 0.29) is 12.0 Å². The van der Waals surface area contributed by atoms with E-state index in [0.29, 0.717) is 23.0 Å². The van der Waals surface area contributed by atoms with E-state index in [1.807, 2.05) is 36.6 Å². The molecular weight excluding hydrogens is 352 g/mol. The zero-order valence-electron chi connectivity index (χ0n) is 14.2. The van der Waals surface area contributed by atoms with Crippen molar-refractivity contribution in [2.45, 2.75) is 11.6 Å². The number of aldehydes is 1. The molecule has 132 valence electrons. The van der Waals surface area contributed by atoms with Crippen LogP contribution in [0.3, 0.4) is 0 Å². The van der Waals surface area contributed by atoms with Gasteiger partial charge in [0, 0.05) is 23.7 Å². The van der Waals surface area contributed by atoms with E-state index in [1.165, 1.54) is 18.9 Å². The first kappa shape index (κ1) is 17.8. The zero-order valence-corrected chi connectivity index (χ0v) is 15.0. The van der Waals surface area contributed by atoms with Gasteiger partial charge in [-0.15, -0.1) is 0 Å². The number of anilines is 2. The summed E-state index contributed by atoms with van der Waals surface area (Å²) in [6.07, 6.45) is 4.25. The topological polar surface area (TPSA) is 94.1 Å². The van der Waals surface area contributed by atoms with Gasteiger partial charge in [0.25, 0.3) is 0 Å². The largest absolute Gasteiger partial charge is 0.465 e. The first-order valence-corrected chi connectivity index (χ1v) is 8.97. The minimum Gasteiger partial charge on any atom is -0.465 e. The van der Waals surface area contributed by atoms with Gasteiger partial charge in [-0.25, -0.2) is 14.8 Å². The van der Waals surface area contributed by atoms with Gasteiger partial charge in [-0.3, -0.25) is 4.98 Å². The van der Waals surface area contributed by atoms with Crippen molar-refractivity contribution in [3.05, 3.63) is 47.8 Å². The highest BCUT2D eigenvalue weighted by atomic mass is 32.2. The average molecular weight is 368 g/mol. The van der Waals surface area contributed by atoms with Crippen LogP contribution in [-0.2, 0) is 16.0 Å². The summed E-state index contributed by atoms with van der Waals surface area (Å²) in [7, 11) is 1.28. The standard InChI is InChI=1S/C18H16N4O3S/c1-25-17(24)15-14(7-9-23)21-18(26-2)22-16(15)20-12-5-6-13-11(10-12)4-3-8-19-13/h3-6,8-10H,7H2,1-2H3,(H,20,21,22). The van der Waals surface area contributed by atoms with Gasteiger partial charge < -0.3 is 14.8 Å². The second kappa shape index (κ2) is 7.92. The Kier molecular flexibility index (Phi) is 5.43. The molecule has 0 fully saturated rings. The Balaban J connectivity index is 2.09. The van der Waals surface area contributed by atoms with Crippen molar-refractivity contribution in [3.8, 4) is 0 Å². The molecule has 0 aliphatic rings. The van der Waals surface area contributed by atoms with Gasteiger partial charge >= 0.3 is 5.97 Å². The first-order valence-electron chi connectivity index (χ1n) is 7.75. The molecule has 0 aliphatic carbocycles. The van der Waals surface area contributed by atoms with E-state index < -0.39 is 5.97 Å². The zero-order chi connectivity index (χ0) is 18.5. The highest BCUT2D eigenvalue weighted by Gasteiger charge is 2.21. The number of pyridine rings is 1. The lowest BCUT2D eigenvalue weighted by molar-refractivity contribution is -0.107. The smallest absolute Gasteiger partial charge is 0.343 e. The molecule has 0 radical (unpaired) electrons. The summed E-state index contributed by atoms with van der Waals surface area (Å²) >= 11 is 1.32. The maximum absolute atomic E-state index is 12.3. The number of nitrogens with zero attached hydrogens (tertiary/aromatic N) is 3. The molecule has 1 aromatic carbocycles. The fourth-order valence-electron chi connectivity index (χ4n) is 2.50. The summed E-state index contributed by atoms with van der Waals surface area (Å²) in [6.45, 7) is 0. The third-order valence-corrected chi connectivity index (χ3v) is 4.23. The molecule has 2 heterocycles. The maximum atomic E-state index is 12.3. The Hall–Kier alpha value is -3.00. The number of thioether (sulfide) groups is 1. The lowest BCUT2D eigenvalue weighted by atomic mass is 10.1. The van der Waals surface area contributed by atoms with E-state index in [4.69, 9.17) is 4.74 Å². The summed E-state index contributed by atoms with van der Waals surface area (Å²) in [5.41, 5.74) is 2.08. The summed E-state index contributed by atoms with van der Waals surface area (Å²) in [6, 6.07) is 9.42. The van der Waals surface area contributed by atoms with E-state index in [1.54, 1.807) is 6.20 Å². The predicted molar refractivity (Wildman–Crippen MR) is 99.9 cm³/mol. The Bertz CT molecular complexity index is 978. The number of rotatable bonds is 6. The second-order valence-electron chi connectivity index (χ2n) is 5.28. The molecule has 3 aromatic rings. The minimum atomic E-state index is -0.598. The third kappa shape index (κ3) is 3.65. The Labute approximate surface area is 154 Å². The van der Waals surface area contributed by atoms with Crippen LogP contribution in [0.5, 0.6) is 0 Å². The molecule has 1 N–H and O–H groups in total. The molecule has 0 spiro atoms.